The van der Waals surface area contributed by atoms with Crippen molar-refractivity contribution in [1.29, 1.82) is 0 Å². The zero-order chi connectivity index (χ0) is 19.7. The van der Waals surface area contributed by atoms with Crippen LogP contribution in [0.5, 0.6) is 0 Å². The van der Waals surface area contributed by atoms with Gasteiger partial charge in [0.25, 0.3) is 0 Å². The molecular weight excluding hydrogens is 404 g/mol. The van der Waals surface area contributed by atoms with Crippen molar-refractivity contribution in [3.8, 4) is 0 Å². The number of piperidine rings is 1. The Morgan fingerprint density at radius 2 is 1.93 bits per heavy atom. The number of nitrogens with one attached hydrogen (secondary N) is 1. The molecule has 1 aromatic rings. The molecular formula is C22H33BrN2O2. The average molecular weight is 437 g/mol. The normalized spacial score (nSPS) is 20.9. The lowest BCUT2D eigenvalue weighted by Crippen LogP contribution is -2.60. The molecule has 4 nitrogen and oxygen atoms in total. The van der Waals surface area contributed by atoms with E-state index < -0.39 is 0 Å². The van der Waals surface area contributed by atoms with Crippen LogP contribution in [-0.2, 0) is 14.9 Å². The molecule has 2 fully saturated rings. The van der Waals surface area contributed by atoms with Crippen molar-refractivity contribution in [1.82, 2.24) is 10.2 Å². The van der Waals surface area contributed by atoms with Crippen LogP contribution in [0, 0.1) is 5.41 Å². The molecule has 0 unspecified atom stereocenters. The summed E-state index contributed by atoms with van der Waals surface area (Å²) in [4.78, 5) is 14.6. The van der Waals surface area contributed by atoms with Crippen LogP contribution in [0.25, 0.3) is 0 Å². The minimum atomic E-state index is -0.130. The first-order valence-electron chi connectivity index (χ1n) is 10.0. The number of methoxy groups -OCH3 is 1. The zero-order valence-corrected chi connectivity index (χ0v) is 18.7. The van der Waals surface area contributed by atoms with E-state index in [4.69, 9.17) is 4.74 Å². The lowest BCUT2D eigenvalue weighted by molar-refractivity contribution is -0.141. The van der Waals surface area contributed by atoms with Gasteiger partial charge >= 0.3 is 5.97 Å². The first-order valence-corrected chi connectivity index (χ1v) is 10.8. The number of likely N-dealkylation sites (tertiary alicyclic amines) is 1. The predicted molar refractivity (Wildman–Crippen MR) is 113 cm³/mol. The quantitative estimate of drug-likeness (QED) is 0.705. The van der Waals surface area contributed by atoms with Crippen molar-refractivity contribution < 1.29 is 9.53 Å². The maximum Gasteiger partial charge on any atom is 0.306 e. The van der Waals surface area contributed by atoms with Gasteiger partial charge in [0, 0.05) is 30.0 Å². The molecule has 2 heterocycles. The molecule has 3 rings (SSSR count). The van der Waals surface area contributed by atoms with Crippen molar-refractivity contribution >= 4 is 21.9 Å². The first kappa shape index (κ1) is 20.8. The second-order valence-corrected chi connectivity index (χ2v) is 10.3. The van der Waals surface area contributed by atoms with Gasteiger partial charge in [-0.15, -0.1) is 0 Å². The first-order chi connectivity index (χ1) is 12.7. The van der Waals surface area contributed by atoms with E-state index in [0.717, 1.165) is 37.2 Å². The fourth-order valence-electron chi connectivity index (χ4n) is 4.47. The highest BCUT2D eigenvalue weighted by Crippen LogP contribution is 2.40. The van der Waals surface area contributed by atoms with E-state index in [1.54, 1.807) is 0 Å². The molecule has 1 N–H and O–H groups in total. The molecule has 2 aliphatic rings. The molecule has 0 amide bonds. The average Bonchev–Trinajstić information content (AvgIpc) is 2.59. The lowest BCUT2D eigenvalue weighted by atomic mass is 9.72. The van der Waals surface area contributed by atoms with Crippen LogP contribution in [0.1, 0.15) is 57.1 Å². The minimum absolute atomic E-state index is 0.0737. The second kappa shape index (κ2) is 8.22. The fraction of sp³-hybridized carbons (Fsp3) is 0.682. The highest BCUT2D eigenvalue weighted by Gasteiger charge is 2.43. The molecule has 1 atom stereocenters. The van der Waals surface area contributed by atoms with E-state index in [-0.39, 0.29) is 17.3 Å². The summed E-state index contributed by atoms with van der Waals surface area (Å²) in [5.41, 5.74) is 3.10. The van der Waals surface area contributed by atoms with Gasteiger partial charge in [-0.25, -0.2) is 0 Å². The Balaban J connectivity index is 1.76. The Morgan fingerprint density at radius 3 is 2.52 bits per heavy atom. The van der Waals surface area contributed by atoms with E-state index in [0.29, 0.717) is 11.8 Å². The number of carbonyl (C=O) groups excluding carboxylic acids is 1. The highest BCUT2D eigenvalue weighted by molar-refractivity contribution is 9.10. The lowest BCUT2D eigenvalue weighted by Gasteiger charge is -2.53. The molecule has 5 heteroatoms. The zero-order valence-electron chi connectivity index (χ0n) is 17.1. The molecule has 27 heavy (non-hydrogen) atoms. The monoisotopic (exact) mass is 436 g/mol. The number of rotatable bonds is 5. The minimum Gasteiger partial charge on any atom is -0.469 e. The summed E-state index contributed by atoms with van der Waals surface area (Å²) < 4.78 is 6.08. The second-order valence-electron chi connectivity index (χ2n) is 9.42. The number of ether oxygens (including phenoxy) is 1. The summed E-state index contributed by atoms with van der Waals surface area (Å²) in [7, 11) is 1.48. The van der Waals surface area contributed by atoms with Gasteiger partial charge in [0.1, 0.15) is 0 Å². The Morgan fingerprint density at radius 1 is 1.26 bits per heavy atom. The third kappa shape index (κ3) is 5.12. The van der Waals surface area contributed by atoms with Crippen molar-refractivity contribution in [3.63, 3.8) is 0 Å². The van der Waals surface area contributed by atoms with Gasteiger partial charge in [0.2, 0.25) is 0 Å². The molecule has 2 saturated heterocycles. The summed E-state index contributed by atoms with van der Waals surface area (Å²) in [6, 6.07) is 6.63. The van der Waals surface area contributed by atoms with Crippen LogP contribution >= 0.6 is 15.9 Å². The summed E-state index contributed by atoms with van der Waals surface area (Å²) >= 11 is 3.68. The van der Waals surface area contributed by atoms with Crippen LogP contribution in [0.15, 0.2) is 22.7 Å². The SMILES string of the molecule is COC(=O)C[C@H](CN1CC2(CCNCC2)C1)c1cc(Br)cc(C(C)(C)C)c1. The number of hydrogen-bond acceptors (Lipinski definition) is 4. The topological polar surface area (TPSA) is 41.6 Å². The molecule has 0 aromatic heterocycles. The van der Waals surface area contributed by atoms with Gasteiger partial charge < -0.3 is 15.0 Å². The summed E-state index contributed by atoms with van der Waals surface area (Å²) in [5, 5.41) is 3.46. The summed E-state index contributed by atoms with van der Waals surface area (Å²) in [5.74, 6) is 0.0319. The van der Waals surface area contributed by atoms with Crippen LogP contribution in [0.2, 0.25) is 0 Å². The van der Waals surface area contributed by atoms with E-state index in [2.05, 4.69) is 65.1 Å². The highest BCUT2D eigenvalue weighted by atomic mass is 79.9. The van der Waals surface area contributed by atoms with Crippen molar-refractivity contribution in [3.05, 3.63) is 33.8 Å². The van der Waals surface area contributed by atoms with E-state index >= 15 is 0 Å². The van der Waals surface area contributed by atoms with Gasteiger partial charge in [0.05, 0.1) is 13.5 Å². The maximum absolute atomic E-state index is 12.1. The fourth-order valence-corrected chi connectivity index (χ4v) is 4.98. The van der Waals surface area contributed by atoms with E-state index in [1.807, 2.05) is 0 Å². The molecule has 0 bridgehead atoms. The Labute approximate surface area is 172 Å². The van der Waals surface area contributed by atoms with E-state index in [9.17, 15) is 4.79 Å². The van der Waals surface area contributed by atoms with E-state index in [1.165, 1.54) is 31.1 Å². The largest absolute Gasteiger partial charge is 0.469 e. The van der Waals surface area contributed by atoms with Crippen molar-refractivity contribution in [2.24, 2.45) is 5.41 Å². The smallest absolute Gasteiger partial charge is 0.306 e. The van der Waals surface area contributed by atoms with Crippen LogP contribution in [0.4, 0.5) is 0 Å². The van der Waals surface area contributed by atoms with Crippen LogP contribution in [0.3, 0.4) is 0 Å². The molecule has 150 valence electrons. The number of esters is 1. The molecule has 0 saturated carbocycles. The molecule has 0 radical (unpaired) electrons. The summed E-state index contributed by atoms with van der Waals surface area (Å²) in [6.07, 6.45) is 2.98. The number of nitrogens with zero attached hydrogens (tertiary/aromatic N) is 1. The van der Waals surface area contributed by atoms with Crippen molar-refractivity contribution in [2.75, 3.05) is 39.8 Å². The number of hydrogen-bond donors (Lipinski definition) is 1. The summed E-state index contributed by atoms with van der Waals surface area (Å²) in [6.45, 7) is 12.2. The standard InChI is InChI=1S/C22H33BrN2O2/c1-21(2,3)18-9-16(10-19(23)12-18)17(11-20(26)27-4)13-25-14-22(15-25)5-7-24-8-6-22/h9-10,12,17,24H,5-8,11,13-15H2,1-4H3/t17-/m1/s1. The maximum atomic E-state index is 12.1. The van der Waals surface area contributed by atoms with Gasteiger partial charge in [-0.1, -0.05) is 42.8 Å². The van der Waals surface area contributed by atoms with Crippen LogP contribution < -0.4 is 5.32 Å². The number of halogens is 1. The third-order valence-corrected chi connectivity index (χ3v) is 6.62. The molecule has 1 aromatic carbocycles. The van der Waals surface area contributed by atoms with Gasteiger partial charge in [0.15, 0.2) is 0 Å². The predicted octanol–water partition coefficient (Wildman–Crippen LogP) is 4.08. The Kier molecular flexibility index (Phi) is 6.34. The number of carbonyl (C=O) groups is 1. The van der Waals surface area contributed by atoms with Gasteiger partial charge in [-0.3, -0.25) is 4.79 Å². The number of benzene rings is 1. The molecule has 1 spiro atoms. The molecule has 0 aliphatic carbocycles. The Hall–Kier alpha value is -0.910. The van der Waals surface area contributed by atoms with Gasteiger partial charge in [-0.05, 0) is 60.0 Å². The third-order valence-electron chi connectivity index (χ3n) is 6.16. The van der Waals surface area contributed by atoms with Crippen molar-refractivity contribution in [2.45, 2.75) is 51.4 Å². The molecule has 2 aliphatic heterocycles. The van der Waals surface area contributed by atoms with Crippen LogP contribution in [-0.4, -0.2) is 50.7 Å². The van der Waals surface area contributed by atoms with Gasteiger partial charge in [-0.2, -0.15) is 0 Å². The Bertz CT molecular complexity index is 669.